The molecule has 130 valence electrons. The molecule has 0 bridgehead atoms. The quantitative estimate of drug-likeness (QED) is 0.829. The molecule has 3 aliphatic rings. The Hall–Kier alpha value is -1.75. The molecule has 1 aliphatic heterocycles. The maximum atomic E-state index is 10.1. The number of phenols is 1. The van der Waals surface area contributed by atoms with E-state index >= 15 is 0 Å². The van der Waals surface area contributed by atoms with Crippen LogP contribution in [-0.4, -0.2) is 22.2 Å². The summed E-state index contributed by atoms with van der Waals surface area (Å²) in [7, 11) is 0. The third-order valence-electron chi connectivity index (χ3n) is 6.13. The number of hydrogen-bond donors (Lipinski definition) is 2. The Morgan fingerprint density at radius 2 is 2.04 bits per heavy atom. The van der Waals surface area contributed by atoms with Crippen LogP contribution in [0.5, 0.6) is 5.75 Å². The van der Waals surface area contributed by atoms with Gasteiger partial charge in [0.15, 0.2) is 0 Å². The molecule has 0 radical (unpaired) electrons. The summed E-state index contributed by atoms with van der Waals surface area (Å²) in [6.07, 6.45) is 5.46. The molecule has 5 heteroatoms. The standard InChI is InChI=1S/C19H27N3O2/c1-12(2)22-17(20)21-19(24-22)16-10-15(23)5-4-14(16)11-18(19)8-6-13(3)7-9-18/h4-5,10,12-13,23H,6-9,11H2,1-3H3,(H2,20,21). The molecule has 24 heavy (non-hydrogen) atoms. The summed E-state index contributed by atoms with van der Waals surface area (Å²) in [5.74, 6) is 1.45. The van der Waals surface area contributed by atoms with Gasteiger partial charge < -0.3 is 10.8 Å². The first-order valence-electron chi connectivity index (χ1n) is 9.03. The van der Waals surface area contributed by atoms with Gasteiger partial charge in [-0.15, -0.1) is 0 Å². The molecule has 1 saturated carbocycles. The molecular weight excluding hydrogens is 302 g/mol. The third-order valence-corrected chi connectivity index (χ3v) is 6.13. The molecule has 1 aromatic carbocycles. The number of nitrogens with zero attached hydrogens (tertiary/aromatic N) is 2. The van der Waals surface area contributed by atoms with Crippen molar-refractivity contribution in [2.45, 2.75) is 64.6 Å². The van der Waals surface area contributed by atoms with E-state index in [0.717, 1.165) is 30.7 Å². The summed E-state index contributed by atoms with van der Waals surface area (Å²) in [5.41, 5.74) is 7.60. The smallest absolute Gasteiger partial charge is 0.220 e. The number of phenolic OH excluding ortho intramolecular Hbond substituents is 1. The van der Waals surface area contributed by atoms with Crippen LogP contribution in [0.1, 0.15) is 57.6 Å². The van der Waals surface area contributed by atoms with Gasteiger partial charge in [-0.25, -0.2) is 14.9 Å². The highest BCUT2D eigenvalue weighted by molar-refractivity contribution is 5.79. The number of hydrogen-bond acceptors (Lipinski definition) is 5. The molecule has 0 amide bonds. The van der Waals surface area contributed by atoms with Gasteiger partial charge in [-0.3, -0.25) is 0 Å². The zero-order chi connectivity index (χ0) is 17.1. The lowest BCUT2D eigenvalue weighted by Crippen LogP contribution is -2.47. The number of fused-ring (bicyclic) bond motifs is 3. The average molecular weight is 329 g/mol. The third kappa shape index (κ3) is 2.00. The van der Waals surface area contributed by atoms with Crippen LogP contribution in [0.3, 0.4) is 0 Å². The zero-order valence-corrected chi connectivity index (χ0v) is 14.7. The largest absolute Gasteiger partial charge is 0.508 e. The topological polar surface area (TPSA) is 71.1 Å². The van der Waals surface area contributed by atoms with Gasteiger partial charge in [0.05, 0.1) is 6.04 Å². The molecule has 1 heterocycles. The number of hydroxylamine groups is 2. The number of nitrogens with two attached hydrogens (primary N) is 1. The first-order chi connectivity index (χ1) is 11.4. The van der Waals surface area contributed by atoms with Crippen molar-refractivity contribution < 1.29 is 9.94 Å². The summed E-state index contributed by atoms with van der Waals surface area (Å²) in [6, 6.07) is 5.72. The molecule has 2 aliphatic carbocycles. The van der Waals surface area contributed by atoms with E-state index in [2.05, 4.69) is 20.8 Å². The Labute approximate surface area is 143 Å². The van der Waals surface area contributed by atoms with Crippen molar-refractivity contribution in [2.24, 2.45) is 22.1 Å². The minimum atomic E-state index is -0.782. The van der Waals surface area contributed by atoms with Gasteiger partial charge in [-0.05, 0) is 69.6 Å². The maximum Gasteiger partial charge on any atom is 0.220 e. The number of aliphatic imine (C=N–C) groups is 1. The summed E-state index contributed by atoms with van der Waals surface area (Å²) < 4.78 is 0. The van der Waals surface area contributed by atoms with Gasteiger partial charge in [0.25, 0.3) is 0 Å². The molecule has 5 nitrogen and oxygen atoms in total. The summed E-state index contributed by atoms with van der Waals surface area (Å²) >= 11 is 0. The van der Waals surface area contributed by atoms with Crippen LogP contribution in [0, 0.1) is 11.3 Å². The second kappa shape index (κ2) is 5.12. The highest BCUT2D eigenvalue weighted by Gasteiger charge is 2.63. The number of guanidine groups is 1. The van der Waals surface area contributed by atoms with Crippen LogP contribution in [-0.2, 0) is 17.0 Å². The molecular formula is C19H27N3O2. The van der Waals surface area contributed by atoms with Crippen molar-refractivity contribution >= 4 is 5.96 Å². The molecule has 1 atom stereocenters. The van der Waals surface area contributed by atoms with Crippen molar-refractivity contribution in [3.8, 4) is 5.75 Å². The second-order valence-corrected chi connectivity index (χ2v) is 8.11. The van der Waals surface area contributed by atoms with E-state index in [9.17, 15) is 5.11 Å². The van der Waals surface area contributed by atoms with E-state index in [4.69, 9.17) is 15.6 Å². The van der Waals surface area contributed by atoms with Gasteiger partial charge >= 0.3 is 0 Å². The molecule has 4 rings (SSSR count). The van der Waals surface area contributed by atoms with Gasteiger partial charge in [-0.1, -0.05) is 13.0 Å². The highest BCUT2D eigenvalue weighted by atomic mass is 16.7. The first kappa shape index (κ1) is 15.8. The van der Waals surface area contributed by atoms with Crippen molar-refractivity contribution in [3.05, 3.63) is 29.3 Å². The Bertz CT molecular complexity index is 692. The van der Waals surface area contributed by atoms with Crippen LogP contribution in [0.15, 0.2) is 23.2 Å². The lowest BCUT2D eigenvalue weighted by molar-refractivity contribution is -0.249. The molecule has 1 unspecified atom stereocenters. The molecule has 3 N–H and O–H groups in total. The van der Waals surface area contributed by atoms with Crippen LogP contribution in [0.2, 0.25) is 0 Å². The molecule has 2 spiro atoms. The van der Waals surface area contributed by atoms with Crippen molar-refractivity contribution in [1.29, 1.82) is 0 Å². The summed E-state index contributed by atoms with van der Waals surface area (Å²) in [6.45, 7) is 6.42. The van der Waals surface area contributed by atoms with Crippen molar-refractivity contribution in [3.63, 3.8) is 0 Å². The van der Waals surface area contributed by atoms with Crippen molar-refractivity contribution in [1.82, 2.24) is 5.06 Å². The van der Waals surface area contributed by atoms with Crippen molar-refractivity contribution in [2.75, 3.05) is 0 Å². The zero-order valence-electron chi connectivity index (χ0n) is 14.7. The Kier molecular flexibility index (Phi) is 3.36. The maximum absolute atomic E-state index is 10.1. The van der Waals surface area contributed by atoms with Gasteiger partial charge in [-0.2, -0.15) is 0 Å². The SMILES string of the molecule is CC1CCC2(CC1)Cc1ccc(O)cc1C21N=C(N)N(C(C)C)O1. The van der Waals surface area contributed by atoms with E-state index in [1.807, 2.05) is 12.1 Å². The Morgan fingerprint density at radius 1 is 1.33 bits per heavy atom. The fraction of sp³-hybridized carbons (Fsp3) is 0.632. The Morgan fingerprint density at radius 3 is 2.67 bits per heavy atom. The lowest BCUT2D eigenvalue weighted by Gasteiger charge is -2.45. The number of aromatic hydroxyl groups is 1. The predicted molar refractivity (Wildman–Crippen MR) is 93.2 cm³/mol. The minimum absolute atomic E-state index is 0.0656. The first-order valence-corrected chi connectivity index (χ1v) is 9.03. The summed E-state index contributed by atoms with van der Waals surface area (Å²) in [5, 5.41) is 11.8. The number of rotatable bonds is 1. The van der Waals surface area contributed by atoms with E-state index < -0.39 is 5.72 Å². The fourth-order valence-corrected chi connectivity index (χ4v) is 4.75. The van der Waals surface area contributed by atoms with Crippen LogP contribution in [0.25, 0.3) is 0 Å². The molecule has 1 fully saturated rings. The highest BCUT2D eigenvalue weighted by Crippen LogP contribution is 2.62. The van der Waals surface area contributed by atoms with Gasteiger partial charge in [0.2, 0.25) is 11.7 Å². The lowest BCUT2D eigenvalue weighted by atomic mass is 9.65. The van der Waals surface area contributed by atoms with E-state index in [0.29, 0.717) is 5.96 Å². The Balaban J connectivity index is 1.86. The van der Waals surface area contributed by atoms with Crippen LogP contribution >= 0.6 is 0 Å². The normalized spacial score (nSPS) is 35.1. The molecule has 1 aromatic rings. The molecule has 0 aromatic heterocycles. The predicted octanol–water partition coefficient (Wildman–Crippen LogP) is 3.27. The van der Waals surface area contributed by atoms with E-state index in [-0.39, 0.29) is 17.2 Å². The average Bonchev–Trinajstić information content (AvgIpc) is 3.01. The second-order valence-electron chi connectivity index (χ2n) is 8.11. The summed E-state index contributed by atoms with van der Waals surface area (Å²) in [4.78, 5) is 11.4. The number of benzene rings is 1. The van der Waals surface area contributed by atoms with Crippen LogP contribution in [0.4, 0.5) is 0 Å². The minimum Gasteiger partial charge on any atom is -0.508 e. The van der Waals surface area contributed by atoms with E-state index in [1.165, 1.54) is 18.4 Å². The van der Waals surface area contributed by atoms with Gasteiger partial charge in [0.1, 0.15) is 5.75 Å². The van der Waals surface area contributed by atoms with Gasteiger partial charge in [0, 0.05) is 11.0 Å². The van der Waals surface area contributed by atoms with E-state index in [1.54, 1.807) is 11.1 Å². The van der Waals surface area contributed by atoms with Crippen LogP contribution < -0.4 is 5.73 Å². The fourth-order valence-electron chi connectivity index (χ4n) is 4.75. The molecule has 0 saturated heterocycles. The monoisotopic (exact) mass is 329 g/mol.